The number of benzene rings is 2. The van der Waals surface area contributed by atoms with Crippen molar-refractivity contribution in [2.45, 2.75) is 13.5 Å². The molecule has 0 fully saturated rings. The smallest absolute Gasteiger partial charge is 0.337 e. The van der Waals surface area contributed by atoms with E-state index in [0.29, 0.717) is 22.3 Å². The molecule has 0 saturated carbocycles. The maximum absolute atomic E-state index is 12.9. The Morgan fingerprint density at radius 2 is 1.77 bits per heavy atom. The maximum Gasteiger partial charge on any atom is 0.337 e. The highest BCUT2D eigenvalue weighted by atomic mass is 16.5. The van der Waals surface area contributed by atoms with E-state index in [4.69, 9.17) is 0 Å². The van der Waals surface area contributed by atoms with Crippen LogP contribution >= 0.6 is 0 Å². The molecule has 1 heterocycles. The summed E-state index contributed by atoms with van der Waals surface area (Å²) in [5, 5.41) is 2.69. The molecule has 154 valence electrons. The zero-order valence-corrected chi connectivity index (χ0v) is 16.7. The summed E-state index contributed by atoms with van der Waals surface area (Å²) in [6.45, 7) is 1.05. The third-order valence-corrected chi connectivity index (χ3v) is 4.52. The zero-order chi connectivity index (χ0) is 21.8. The average Bonchev–Trinajstić information content (AvgIpc) is 2.74. The maximum atomic E-state index is 12.9. The largest absolute Gasteiger partial charge is 0.465 e. The Balaban J connectivity index is 1.91. The molecule has 3 rings (SSSR count). The van der Waals surface area contributed by atoms with Gasteiger partial charge in [-0.05, 0) is 36.4 Å². The van der Waals surface area contributed by atoms with E-state index in [1.165, 1.54) is 37.8 Å². The van der Waals surface area contributed by atoms with Gasteiger partial charge in [-0.15, -0.1) is 0 Å². The summed E-state index contributed by atoms with van der Waals surface area (Å²) in [5.74, 6) is -1.34. The number of amides is 2. The van der Waals surface area contributed by atoms with E-state index >= 15 is 0 Å². The predicted molar refractivity (Wildman–Crippen MR) is 111 cm³/mol. The number of rotatable bonds is 5. The number of carbonyl (C=O) groups excluding carboxylic acids is 3. The molecule has 2 aromatic carbocycles. The molecule has 0 bridgehead atoms. The standard InChI is InChI=1S/C21H20N4O5/c1-13(26)24(2)19-20(28)25(17-7-5-4-6-16(17)23-19)12-18(27)22-15-10-8-14(9-11-15)21(29)30-3/h4-11H,12H2,1-3H3,(H,22,27). The lowest BCUT2D eigenvalue weighted by Gasteiger charge is -2.17. The second kappa shape index (κ2) is 8.56. The summed E-state index contributed by atoms with van der Waals surface area (Å²) >= 11 is 0. The van der Waals surface area contributed by atoms with Gasteiger partial charge in [0.05, 0.1) is 23.7 Å². The minimum Gasteiger partial charge on any atom is -0.465 e. The molecule has 0 radical (unpaired) electrons. The van der Waals surface area contributed by atoms with Crippen molar-refractivity contribution in [3.63, 3.8) is 0 Å². The number of carbonyl (C=O) groups is 3. The number of methoxy groups -OCH3 is 1. The number of nitrogens with one attached hydrogen (secondary N) is 1. The molecule has 0 aliphatic rings. The van der Waals surface area contributed by atoms with Gasteiger partial charge in [0.1, 0.15) is 6.54 Å². The lowest BCUT2D eigenvalue weighted by atomic mass is 10.2. The molecule has 9 heteroatoms. The second-order valence-electron chi connectivity index (χ2n) is 6.51. The molecule has 0 atom stereocenters. The van der Waals surface area contributed by atoms with E-state index in [2.05, 4.69) is 15.0 Å². The van der Waals surface area contributed by atoms with Crippen LogP contribution in [0.5, 0.6) is 0 Å². The van der Waals surface area contributed by atoms with Crippen molar-refractivity contribution in [1.82, 2.24) is 9.55 Å². The van der Waals surface area contributed by atoms with Crippen LogP contribution in [-0.2, 0) is 20.9 Å². The second-order valence-corrected chi connectivity index (χ2v) is 6.51. The van der Waals surface area contributed by atoms with Crippen molar-refractivity contribution < 1.29 is 19.1 Å². The molecule has 0 aliphatic heterocycles. The van der Waals surface area contributed by atoms with Crippen molar-refractivity contribution in [3.8, 4) is 0 Å². The van der Waals surface area contributed by atoms with Crippen molar-refractivity contribution in [2.24, 2.45) is 0 Å². The number of hydrogen-bond donors (Lipinski definition) is 1. The molecule has 3 aromatic rings. The molecular formula is C21H20N4O5. The Morgan fingerprint density at radius 3 is 2.40 bits per heavy atom. The number of aromatic nitrogens is 2. The topological polar surface area (TPSA) is 111 Å². The van der Waals surface area contributed by atoms with Gasteiger partial charge >= 0.3 is 5.97 Å². The van der Waals surface area contributed by atoms with Crippen molar-refractivity contribution >= 4 is 40.3 Å². The van der Waals surface area contributed by atoms with Crippen LogP contribution in [0.1, 0.15) is 17.3 Å². The number of hydrogen-bond acceptors (Lipinski definition) is 6. The highest BCUT2D eigenvalue weighted by Gasteiger charge is 2.18. The van der Waals surface area contributed by atoms with Gasteiger partial charge in [-0.2, -0.15) is 0 Å². The third kappa shape index (κ3) is 4.19. The number of para-hydroxylation sites is 2. The highest BCUT2D eigenvalue weighted by Crippen LogP contribution is 2.15. The minimum atomic E-state index is -0.553. The molecule has 1 N–H and O–H groups in total. The summed E-state index contributed by atoms with van der Waals surface area (Å²) < 4.78 is 5.91. The predicted octanol–water partition coefficient (Wildman–Crippen LogP) is 1.80. The lowest BCUT2D eigenvalue weighted by molar-refractivity contribution is -0.117. The Hall–Kier alpha value is -4.01. The normalized spacial score (nSPS) is 10.5. The zero-order valence-electron chi connectivity index (χ0n) is 16.7. The quantitative estimate of drug-likeness (QED) is 0.645. The van der Waals surface area contributed by atoms with E-state index in [0.717, 1.165) is 4.90 Å². The number of nitrogens with zero attached hydrogens (tertiary/aromatic N) is 3. The van der Waals surface area contributed by atoms with Gasteiger partial charge in [0.25, 0.3) is 5.56 Å². The average molecular weight is 408 g/mol. The van der Waals surface area contributed by atoms with Crippen LogP contribution in [0.2, 0.25) is 0 Å². The van der Waals surface area contributed by atoms with Crippen LogP contribution in [0.25, 0.3) is 11.0 Å². The van der Waals surface area contributed by atoms with Gasteiger partial charge in [-0.3, -0.25) is 23.9 Å². The first-order chi connectivity index (χ1) is 14.3. The van der Waals surface area contributed by atoms with Gasteiger partial charge in [-0.25, -0.2) is 9.78 Å². The minimum absolute atomic E-state index is 0.0589. The summed E-state index contributed by atoms with van der Waals surface area (Å²) in [6, 6.07) is 13.0. The lowest BCUT2D eigenvalue weighted by Crippen LogP contribution is -2.36. The number of anilines is 2. The van der Waals surface area contributed by atoms with Crippen LogP contribution in [0.15, 0.2) is 53.3 Å². The third-order valence-electron chi connectivity index (χ3n) is 4.52. The van der Waals surface area contributed by atoms with Gasteiger partial charge in [0.2, 0.25) is 17.6 Å². The van der Waals surface area contributed by atoms with E-state index in [1.54, 1.807) is 36.4 Å². The van der Waals surface area contributed by atoms with Gasteiger partial charge in [-0.1, -0.05) is 12.1 Å². The molecule has 1 aromatic heterocycles. The van der Waals surface area contributed by atoms with Gasteiger partial charge in [0.15, 0.2) is 0 Å². The summed E-state index contributed by atoms with van der Waals surface area (Å²) in [7, 11) is 2.74. The molecule has 30 heavy (non-hydrogen) atoms. The Bertz CT molecular complexity index is 1180. The fourth-order valence-corrected chi connectivity index (χ4v) is 2.86. The summed E-state index contributed by atoms with van der Waals surface area (Å²) in [5.41, 5.74) is 1.21. The van der Waals surface area contributed by atoms with Crippen LogP contribution < -0.4 is 15.8 Å². The Morgan fingerprint density at radius 1 is 1.10 bits per heavy atom. The molecule has 0 spiro atoms. The summed E-state index contributed by atoms with van der Waals surface area (Å²) in [6.07, 6.45) is 0. The summed E-state index contributed by atoms with van der Waals surface area (Å²) in [4.78, 5) is 54.2. The number of esters is 1. The van der Waals surface area contributed by atoms with E-state index < -0.39 is 17.4 Å². The molecule has 0 unspecified atom stereocenters. The Labute approximate surface area is 171 Å². The first kappa shape index (κ1) is 20.7. The van der Waals surface area contributed by atoms with Crippen molar-refractivity contribution in [3.05, 3.63) is 64.4 Å². The number of fused-ring (bicyclic) bond motifs is 1. The van der Waals surface area contributed by atoms with Crippen LogP contribution in [0.3, 0.4) is 0 Å². The van der Waals surface area contributed by atoms with Crippen LogP contribution in [0, 0.1) is 0 Å². The van der Waals surface area contributed by atoms with Crippen molar-refractivity contribution in [2.75, 3.05) is 24.4 Å². The Kier molecular flexibility index (Phi) is 5.91. The highest BCUT2D eigenvalue weighted by molar-refractivity contribution is 5.94. The SMILES string of the molecule is COC(=O)c1ccc(NC(=O)Cn2c(=O)c(N(C)C(C)=O)nc3ccccc32)cc1. The molecule has 2 amide bonds. The van der Waals surface area contributed by atoms with Gasteiger partial charge < -0.3 is 10.1 Å². The molecule has 9 nitrogen and oxygen atoms in total. The first-order valence-electron chi connectivity index (χ1n) is 9.04. The number of ether oxygens (including phenoxy) is 1. The fourth-order valence-electron chi connectivity index (χ4n) is 2.86. The van der Waals surface area contributed by atoms with Crippen LogP contribution in [0.4, 0.5) is 11.5 Å². The monoisotopic (exact) mass is 408 g/mol. The molecule has 0 saturated heterocycles. The van der Waals surface area contributed by atoms with E-state index in [1.807, 2.05) is 0 Å². The van der Waals surface area contributed by atoms with Crippen molar-refractivity contribution in [1.29, 1.82) is 0 Å². The van der Waals surface area contributed by atoms with E-state index in [9.17, 15) is 19.2 Å². The first-order valence-corrected chi connectivity index (χ1v) is 9.04. The molecular weight excluding hydrogens is 388 g/mol. The van der Waals surface area contributed by atoms with Gasteiger partial charge in [0, 0.05) is 19.7 Å². The van der Waals surface area contributed by atoms with E-state index in [-0.39, 0.29) is 18.3 Å². The van der Waals surface area contributed by atoms with Crippen LogP contribution in [-0.4, -0.2) is 41.5 Å². The molecule has 0 aliphatic carbocycles. The fraction of sp³-hybridized carbons (Fsp3) is 0.190.